The van der Waals surface area contributed by atoms with Crippen molar-refractivity contribution in [1.82, 2.24) is 5.32 Å². The van der Waals surface area contributed by atoms with Gasteiger partial charge in [0, 0.05) is 6.04 Å². The zero-order valence-corrected chi connectivity index (χ0v) is 10.8. The first-order chi connectivity index (χ1) is 8.64. The van der Waals surface area contributed by atoms with Gasteiger partial charge in [0.15, 0.2) is 0 Å². The van der Waals surface area contributed by atoms with Gasteiger partial charge in [0.2, 0.25) is 0 Å². The lowest BCUT2D eigenvalue weighted by atomic mass is 9.62. The fourth-order valence-electron chi connectivity index (χ4n) is 2.77. The molecular formula is C14H19NO3. The number of carbonyl (C=O) groups is 1. The number of nitrogens with one attached hydrogen (secondary N) is 1. The van der Waals surface area contributed by atoms with Gasteiger partial charge in [-0.05, 0) is 37.6 Å². The molecule has 1 aliphatic carbocycles. The maximum atomic E-state index is 11.6. The Kier molecular flexibility index (Phi) is 3.57. The van der Waals surface area contributed by atoms with Crippen LogP contribution in [0.4, 0.5) is 0 Å². The molecule has 0 heterocycles. The molecule has 1 fully saturated rings. The van der Waals surface area contributed by atoms with Crippen molar-refractivity contribution in [2.75, 3.05) is 14.2 Å². The van der Waals surface area contributed by atoms with Crippen LogP contribution in [-0.4, -0.2) is 25.2 Å². The van der Waals surface area contributed by atoms with Crippen LogP contribution < -0.4 is 10.1 Å². The molecule has 4 heteroatoms. The number of hydrogen-bond donors (Lipinski definition) is 2. The minimum atomic E-state index is -0.712. The Morgan fingerprint density at radius 3 is 2.67 bits per heavy atom. The van der Waals surface area contributed by atoms with Gasteiger partial charge < -0.3 is 15.2 Å². The highest BCUT2D eigenvalue weighted by Gasteiger charge is 2.50. The zero-order valence-electron chi connectivity index (χ0n) is 10.8. The molecule has 18 heavy (non-hydrogen) atoms. The normalized spacial score (nSPS) is 18.8. The van der Waals surface area contributed by atoms with Crippen LogP contribution in [-0.2, 0) is 4.79 Å². The van der Waals surface area contributed by atoms with Crippen molar-refractivity contribution in [3.8, 4) is 5.75 Å². The molecule has 0 aliphatic heterocycles. The number of rotatable bonds is 5. The van der Waals surface area contributed by atoms with E-state index in [1.54, 1.807) is 7.11 Å². The van der Waals surface area contributed by atoms with Gasteiger partial charge in [-0.2, -0.15) is 0 Å². The molecule has 98 valence electrons. The Labute approximate surface area is 107 Å². The summed E-state index contributed by atoms with van der Waals surface area (Å²) in [5.41, 5.74) is 0.306. The first-order valence-electron chi connectivity index (χ1n) is 6.18. The summed E-state index contributed by atoms with van der Waals surface area (Å²) in [6, 6.07) is 7.45. The third-order valence-electron chi connectivity index (χ3n) is 3.94. The quantitative estimate of drug-likeness (QED) is 0.840. The van der Waals surface area contributed by atoms with E-state index in [2.05, 4.69) is 5.32 Å². The minimum absolute atomic E-state index is 0.168. The highest BCUT2D eigenvalue weighted by molar-refractivity contribution is 5.77. The Hall–Kier alpha value is -1.55. The number of hydrogen-bond acceptors (Lipinski definition) is 3. The highest BCUT2D eigenvalue weighted by Crippen LogP contribution is 2.50. The Balaban J connectivity index is 2.35. The lowest BCUT2D eigenvalue weighted by Gasteiger charge is -2.44. The molecule has 1 aliphatic rings. The summed E-state index contributed by atoms with van der Waals surface area (Å²) < 4.78 is 5.20. The van der Waals surface area contributed by atoms with Crippen LogP contribution in [0.3, 0.4) is 0 Å². The third kappa shape index (κ3) is 1.97. The van der Waals surface area contributed by atoms with Crippen LogP contribution >= 0.6 is 0 Å². The first-order valence-corrected chi connectivity index (χ1v) is 6.18. The Morgan fingerprint density at radius 1 is 1.50 bits per heavy atom. The summed E-state index contributed by atoms with van der Waals surface area (Å²) in [4.78, 5) is 11.6. The number of carboxylic acids is 1. The molecule has 0 amide bonds. The molecule has 0 spiro atoms. The van der Waals surface area contributed by atoms with Gasteiger partial charge in [-0.25, -0.2) is 0 Å². The SMILES string of the molecule is CNC(c1cccc(OC)c1)C1(C(=O)O)CCC1. The average Bonchev–Trinajstić information content (AvgIpc) is 2.33. The molecule has 0 saturated heterocycles. The van der Waals surface area contributed by atoms with E-state index in [0.717, 1.165) is 30.6 Å². The van der Waals surface area contributed by atoms with E-state index in [4.69, 9.17) is 4.74 Å². The van der Waals surface area contributed by atoms with Crippen molar-refractivity contribution < 1.29 is 14.6 Å². The van der Waals surface area contributed by atoms with Crippen LogP contribution in [0, 0.1) is 5.41 Å². The van der Waals surface area contributed by atoms with Crippen molar-refractivity contribution in [3.05, 3.63) is 29.8 Å². The number of ether oxygens (including phenoxy) is 1. The molecule has 1 aromatic rings. The second-order valence-corrected chi connectivity index (χ2v) is 4.81. The van der Waals surface area contributed by atoms with Crippen LogP contribution in [0.15, 0.2) is 24.3 Å². The van der Waals surface area contributed by atoms with Gasteiger partial charge >= 0.3 is 5.97 Å². The largest absolute Gasteiger partial charge is 0.497 e. The molecule has 1 unspecified atom stereocenters. The first kappa shape index (κ1) is 12.9. The average molecular weight is 249 g/mol. The summed E-state index contributed by atoms with van der Waals surface area (Å²) >= 11 is 0. The summed E-state index contributed by atoms with van der Waals surface area (Å²) in [7, 11) is 3.43. The summed E-state index contributed by atoms with van der Waals surface area (Å²) in [6.07, 6.45) is 2.44. The van der Waals surface area contributed by atoms with Gasteiger partial charge in [0.25, 0.3) is 0 Å². The van der Waals surface area contributed by atoms with E-state index in [1.807, 2.05) is 31.3 Å². The van der Waals surface area contributed by atoms with Gasteiger partial charge in [0.1, 0.15) is 5.75 Å². The van der Waals surface area contributed by atoms with E-state index in [0.29, 0.717) is 0 Å². The number of aliphatic carboxylic acids is 1. The van der Waals surface area contributed by atoms with Crippen LogP contribution in [0.25, 0.3) is 0 Å². The molecule has 1 saturated carbocycles. The van der Waals surface area contributed by atoms with Gasteiger partial charge in [-0.15, -0.1) is 0 Å². The molecule has 0 aromatic heterocycles. The van der Waals surface area contributed by atoms with E-state index >= 15 is 0 Å². The predicted molar refractivity (Wildman–Crippen MR) is 68.7 cm³/mol. The molecule has 2 rings (SSSR count). The van der Waals surface area contributed by atoms with Crippen molar-refractivity contribution in [3.63, 3.8) is 0 Å². The summed E-state index contributed by atoms with van der Waals surface area (Å²) in [6.45, 7) is 0. The minimum Gasteiger partial charge on any atom is -0.497 e. The lowest BCUT2D eigenvalue weighted by molar-refractivity contribution is -0.157. The third-order valence-corrected chi connectivity index (χ3v) is 3.94. The maximum Gasteiger partial charge on any atom is 0.311 e. The van der Waals surface area contributed by atoms with Gasteiger partial charge in [-0.3, -0.25) is 4.79 Å². The van der Waals surface area contributed by atoms with E-state index in [1.165, 1.54) is 0 Å². The summed E-state index contributed by atoms with van der Waals surface area (Å²) in [5.74, 6) is 0.0449. The van der Waals surface area contributed by atoms with Crippen molar-refractivity contribution in [1.29, 1.82) is 0 Å². The van der Waals surface area contributed by atoms with Crippen molar-refractivity contribution in [2.24, 2.45) is 5.41 Å². The van der Waals surface area contributed by atoms with Gasteiger partial charge in [0.05, 0.1) is 12.5 Å². The van der Waals surface area contributed by atoms with E-state index < -0.39 is 11.4 Å². The molecule has 0 bridgehead atoms. The molecule has 4 nitrogen and oxygen atoms in total. The fourth-order valence-corrected chi connectivity index (χ4v) is 2.77. The molecule has 1 atom stereocenters. The maximum absolute atomic E-state index is 11.6. The second kappa shape index (κ2) is 4.98. The van der Waals surface area contributed by atoms with Crippen LogP contribution in [0.2, 0.25) is 0 Å². The monoisotopic (exact) mass is 249 g/mol. The van der Waals surface area contributed by atoms with Gasteiger partial charge in [-0.1, -0.05) is 18.6 Å². The molecule has 1 aromatic carbocycles. The second-order valence-electron chi connectivity index (χ2n) is 4.81. The molecule has 2 N–H and O–H groups in total. The van der Waals surface area contributed by atoms with Crippen molar-refractivity contribution in [2.45, 2.75) is 25.3 Å². The highest BCUT2D eigenvalue weighted by atomic mass is 16.5. The molecular weight excluding hydrogens is 230 g/mol. The van der Waals surface area contributed by atoms with Crippen LogP contribution in [0.1, 0.15) is 30.9 Å². The topological polar surface area (TPSA) is 58.6 Å². The van der Waals surface area contributed by atoms with Crippen molar-refractivity contribution >= 4 is 5.97 Å². The number of benzene rings is 1. The zero-order chi connectivity index (χ0) is 13.2. The predicted octanol–water partition coefficient (Wildman–Crippen LogP) is 2.21. The van der Waals surface area contributed by atoms with E-state index in [-0.39, 0.29) is 6.04 Å². The lowest BCUT2D eigenvalue weighted by Crippen LogP contribution is -2.47. The fraction of sp³-hybridized carbons (Fsp3) is 0.500. The number of carboxylic acid groups (broad SMARTS) is 1. The molecule has 0 radical (unpaired) electrons. The number of methoxy groups -OCH3 is 1. The summed E-state index contributed by atoms with van der Waals surface area (Å²) in [5, 5.41) is 12.7. The van der Waals surface area contributed by atoms with Crippen LogP contribution in [0.5, 0.6) is 5.75 Å². The van der Waals surface area contributed by atoms with E-state index in [9.17, 15) is 9.90 Å². The standard InChI is InChI=1S/C14H19NO3/c1-15-12(14(13(16)17)7-4-8-14)10-5-3-6-11(9-10)18-2/h3,5-6,9,12,15H,4,7-8H2,1-2H3,(H,16,17). The Morgan fingerprint density at radius 2 is 2.22 bits per heavy atom. The smallest absolute Gasteiger partial charge is 0.311 e. The Bertz CT molecular complexity index is 440.